The van der Waals surface area contributed by atoms with Crippen LogP contribution in [0.25, 0.3) is 0 Å². The Kier molecular flexibility index (Phi) is 5.45. The summed E-state index contributed by atoms with van der Waals surface area (Å²) in [5.74, 6) is 0.754. The average Bonchev–Trinajstić information content (AvgIpc) is 3.05. The molecule has 2 aliphatic carbocycles. The van der Waals surface area contributed by atoms with Crippen molar-refractivity contribution >= 4 is 25.4 Å². The van der Waals surface area contributed by atoms with Crippen molar-refractivity contribution in [3.63, 3.8) is 0 Å². The molecule has 2 unspecified atom stereocenters. The van der Waals surface area contributed by atoms with Gasteiger partial charge in [-0.05, 0) is 63.2 Å². The lowest BCUT2D eigenvalue weighted by Gasteiger charge is -2.38. The molecule has 0 amide bonds. The third kappa shape index (κ3) is 4.87. The molecule has 130 valence electrons. The summed E-state index contributed by atoms with van der Waals surface area (Å²) in [6.07, 6.45) is 9.47. The second-order valence-electron chi connectivity index (χ2n) is 8.26. The van der Waals surface area contributed by atoms with Gasteiger partial charge in [-0.25, -0.2) is 0 Å². The lowest BCUT2D eigenvalue weighted by molar-refractivity contribution is 0.234. The molecule has 1 N–H and O–H groups in total. The maximum atomic E-state index is 11.3. The van der Waals surface area contributed by atoms with Gasteiger partial charge >= 0.3 is 8.80 Å². The van der Waals surface area contributed by atoms with Crippen molar-refractivity contribution < 1.29 is 13.0 Å². The summed E-state index contributed by atoms with van der Waals surface area (Å²) in [6.45, 7) is 16.0. The van der Waals surface area contributed by atoms with E-state index in [1.54, 1.807) is 0 Å². The van der Waals surface area contributed by atoms with Gasteiger partial charge in [-0.1, -0.05) is 23.6 Å². The first kappa shape index (κ1) is 19.1. The third-order valence-corrected chi connectivity index (χ3v) is 14.8. The Balaban J connectivity index is 2.11. The Hall–Kier alpha value is -0.249. The first-order valence-corrected chi connectivity index (χ1v) is 16.6. The minimum absolute atomic E-state index is 0.276. The van der Waals surface area contributed by atoms with Crippen molar-refractivity contribution in [3.05, 3.63) is 36.7 Å². The second-order valence-corrected chi connectivity index (χ2v) is 19.0. The molecule has 2 bridgehead atoms. The van der Waals surface area contributed by atoms with E-state index in [1.165, 1.54) is 19.3 Å². The summed E-state index contributed by atoms with van der Waals surface area (Å²) in [5.41, 5.74) is 4.02. The van der Waals surface area contributed by atoms with Crippen LogP contribution in [-0.4, -0.2) is 30.2 Å². The van der Waals surface area contributed by atoms with Gasteiger partial charge < -0.3 is 13.0 Å². The van der Waals surface area contributed by atoms with Gasteiger partial charge in [0.15, 0.2) is 0 Å². The van der Waals surface area contributed by atoms with Crippen LogP contribution in [-0.2, 0) is 8.23 Å². The maximum Gasteiger partial charge on any atom is 0.477 e. The van der Waals surface area contributed by atoms with Crippen LogP contribution in [0.3, 0.4) is 0 Å². The number of rotatable bonds is 9. The molecule has 23 heavy (non-hydrogen) atoms. The van der Waals surface area contributed by atoms with Gasteiger partial charge in [0.05, 0.1) is 0 Å². The molecule has 1 saturated carbocycles. The lowest BCUT2D eigenvalue weighted by atomic mass is 9.85. The van der Waals surface area contributed by atoms with Gasteiger partial charge in [-0.2, -0.15) is 0 Å². The van der Waals surface area contributed by atoms with Gasteiger partial charge in [0.25, 0.3) is 0 Å². The molecule has 0 aromatic carbocycles. The number of hydrogen-bond acceptors (Lipinski definition) is 3. The highest BCUT2D eigenvalue weighted by Gasteiger charge is 2.49. The van der Waals surface area contributed by atoms with Gasteiger partial charge in [0.1, 0.15) is 0 Å². The highest BCUT2D eigenvalue weighted by atomic mass is 28.5. The van der Waals surface area contributed by atoms with Crippen LogP contribution < -0.4 is 0 Å². The van der Waals surface area contributed by atoms with E-state index in [0.717, 1.165) is 12.3 Å². The quantitative estimate of drug-likeness (QED) is 0.479. The fourth-order valence-corrected chi connectivity index (χ4v) is 13.0. The molecule has 2 rings (SSSR count). The second kappa shape index (κ2) is 6.57. The van der Waals surface area contributed by atoms with Crippen molar-refractivity contribution in [2.45, 2.75) is 57.9 Å². The number of fused-ring (bicyclic) bond motifs is 2. The maximum absolute atomic E-state index is 11.3. The number of allylic oxidation sites excluding steroid dienone is 2. The van der Waals surface area contributed by atoms with E-state index in [2.05, 4.69) is 51.5 Å². The van der Waals surface area contributed by atoms with E-state index < -0.39 is 25.4 Å². The molecular weight excluding hydrogens is 336 g/mol. The van der Waals surface area contributed by atoms with Gasteiger partial charge in [0.2, 0.25) is 16.6 Å². The van der Waals surface area contributed by atoms with Gasteiger partial charge in [-0.3, -0.25) is 0 Å². The van der Waals surface area contributed by atoms with Crippen LogP contribution in [0.15, 0.2) is 36.7 Å². The molecule has 2 aliphatic rings. The van der Waals surface area contributed by atoms with Crippen molar-refractivity contribution in [2.75, 3.05) is 0 Å². The van der Waals surface area contributed by atoms with Crippen molar-refractivity contribution in [1.29, 1.82) is 0 Å². The average molecular weight is 369 g/mol. The first-order valence-electron chi connectivity index (χ1n) is 8.62. The topological polar surface area (TPSA) is 38.7 Å². The van der Waals surface area contributed by atoms with E-state index in [9.17, 15) is 4.80 Å². The van der Waals surface area contributed by atoms with Crippen LogP contribution in [0.4, 0.5) is 0 Å². The zero-order valence-electron chi connectivity index (χ0n) is 15.1. The van der Waals surface area contributed by atoms with Crippen LogP contribution >= 0.6 is 0 Å². The van der Waals surface area contributed by atoms with Crippen LogP contribution in [0.1, 0.15) is 25.7 Å². The molecule has 0 radical (unpaired) electrons. The van der Waals surface area contributed by atoms with Gasteiger partial charge in [0, 0.05) is 6.04 Å². The third-order valence-electron chi connectivity index (χ3n) is 5.17. The molecule has 0 saturated heterocycles. The SMILES string of the molecule is C=C[Si](C)(C)O[Si](O)(CCC12C=CC(CC1)C2)O[Si](C)(C)C=C. The largest absolute Gasteiger partial charge is 0.477 e. The molecule has 2 atom stereocenters. The first-order chi connectivity index (χ1) is 10.5. The van der Waals surface area contributed by atoms with E-state index in [0.29, 0.717) is 6.04 Å². The van der Waals surface area contributed by atoms with E-state index >= 15 is 0 Å². The highest BCUT2D eigenvalue weighted by Crippen LogP contribution is 2.52. The molecular formula is C17H32O3Si3. The monoisotopic (exact) mass is 368 g/mol. The smallest absolute Gasteiger partial charge is 0.412 e. The van der Waals surface area contributed by atoms with Crippen LogP contribution in [0.5, 0.6) is 0 Å². The Bertz CT molecular complexity index is 479. The summed E-state index contributed by atoms with van der Waals surface area (Å²) in [4.78, 5) is 11.3. The summed E-state index contributed by atoms with van der Waals surface area (Å²) in [6, 6.07) is 0.638. The lowest BCUT2D eigenvalue weighted by Crippen LogP contribution is -2.56. The fraction of sp³-hybridized carbons (Fsp3) is 0.647. The molecule has 6 heteroatoms. The number of hydrogen-bond donors (Lipinski definition) is 1. The summed E-state index contributed by atoms with van der Waals surface area (Å²) in [5, 5.41) is 0. The normalized spacial score (nSPS) is 27.4. The molecule has 0 aliphatic heterocycles. The highest BCUT2D eigenvalue weighted by molar-refractivity contribution is 6.89. The fourth-order valence-electron chi connectivity index (χ4n) is 3.60. The predicted octanol–water partition coefficient (Wildman–Crippen LogP) is 4.56. The van der Waals surface area contributed by atoms with Crippen LogP contribution in [0.2, 0.25) is 32.2 Å². The molecule has 0 heterocycles. The minimum Gasteiger partial charge on any atom is -0.412 e. The van der Waals surface area contributed by atoms with Crippen molar-refractivity contribution in [2.24, 2.45) is 11.3 Å². The standard InChI is InChI=1S/C17H32O3Si3/c1-7-21(3,4)19-23(18,20-22(5,6)8-2)14-13-17-11-9-16(15-17)10-12-17/h7-9,11,16,18H,1-2,10,12-15H2,3-6H3. The van der Waals surface area contributed by atoms with Gasteiger partial charge in [-0.15, -0.1) is 13.2 Å². The Morgan fingerprint density at radius 1 is 1.17 bits per heavy atom. The molecule has 1 fully saturated rings. The Morgan fingerprint density at radius 3 is 2.09 bits per heavy atom. The van der Waals surface area contributed by atoms with Crippen LogP contribution in [0, 0.1) is 11.3 Å². The molecule has 3 nitrogen and oxygen atoms in total. The van der Waals surface area contributed by atoms with E-state index in [4.69, 9.17) is 8.23 Å². The summed E-state index contributed by atoms with van der Waals surface area (Å²) < 4.78 is 12.5. The Labute approximate surface area is 144 Å². The Morgan fingerprint density at radius 2 is 1.74 bits per heavy atom. The summed E-state index contributed by atoms with van der Waals surface area (Å²) in [7, 11) is -7.44. The van der Waals surface area contributed by atoms with E-state index in [1.807, 2.05) is 11.4 Å². The minimum atomic E-state index is -3.23. The van der Waals surface area contributed by atoms with Crippen molar-refractivity contribution in [3.8, 4) is 0 Å². The molecule has 0 aromatic heterocycles. The van der Waals surface area contributed by atoms with E-state index in [-0.39, 0.29) is 5.41 Å². The predicted molar refractivity (Wildman–Crippen MR) is 104 cm³/mol. The molecule has 0 aromatic rings. The molecule has 0 spiro atoms. The summed E-state index contributed by atoms with van der Waals surface area (Å²) >= 11 is 0. The van der Waals surface area contributed by atoms with Crippen molar-refractivity contribution in [1.82, 2.24) is 0 Å². The zero-order valence-corrected chi connectivity index (χ0v) is 18.1. The zero-order chi connectivity index (χ0) is 17.4.